The van der Waals surface area contributed by atoms with Crippen LogP contribution in [0.25, 0.3) is 0 Å². The second-order valence-electron chi connectivity index (χ2n) is 3.82. The second-order valence-corrected chi connectivity index (χ2v) is 4.88. The maximum Gasteiger partial charge on any atom is 0.255 e. The SMILES string of the molecule is CN(CC(F)F)c1nc2c(s1)CCCC2=O. The van der Waals surface area contributed by atoms with Gasteiger partial charge in [0.2, 0.25) is 0 Å². The molecule has 88 valence electrons. The predicted molar refractivity (Wildman–Crippen MR) is 58.7 cm³/mol. The van der Waals surface area contributed by atoms with Crippen molar-refractivity contribution in [1.29, 1.82) is 0 Å². The minimum Gasteiger partial charge on any atom is -0.345 e. The molecule has 1 aliphatic carbocycles. The Kier molecular flexibility index (Phi) is 3.18. The molecule has 1 aliphatic rings. The monoisotopic (exact) mass is 246 g/mol. The van der Waals surface area contributed by atoms with Crippen molar-refractivity contribution in [3.8, 4) is 0 Å². The number of fused-ring (bicyclic) bond motifs is 1. The van der Waals surface area contributed by atoms with Gasteiger partial charge in [-0.2, -0.15) is 0 Å². The van der Waals surface area contributed by atoms with Crippen LogP contribution in [0.15, 0.2) is 0 Å². The first kappa shape index (κ1) is 11.4. The van der Waals surface area contributed by atoms with Gasteiger partial charge in [0.05, 0.1) is 6.54 Å². The summed E-state index contributed by atoms with van der Waals surface area (Å²) in [6.45, 7) is -0.347. The summed E-state index contributed by atoms with van der Waals surface area (Å²) in [6.07, 6.45) is -0.191. The van der Waals surface area contributed by atoms with Crippen LogP contribution in [-0.4, -0.2) is 30.8 Å². The van der Waals surface area contributed by atoms with E-state index in [0.717, 1.165) is 17.7 Å². The van der Waals surface area contributed by atoms with Crippen molar-refractivity contribution in [3.05, 3.63) is 10.6 Å². The molecule has 0 amide bonds. The molecule has 0 aromatic carbocycles. The number of anilines is 1. The normalized spacial score (nSPS) is 15.4. The Morgan fingerprint density at radius 2 is 2.25 bits per heavy atom. The molecule has 0 unspecified atom stereocenters. The summed E-state index contributed by atoms with van der Waals surface area (Å²) in [5.41, 5.74) is 0.493. The molecule has 0 atom stereocenters. The van der Waals surface area contributed by atoms with E-state index < -0.39 is 6.43 Å². The first-order chi connectivity index (χ1) is 7.58. The molecule has 16 heavy (non-hydrogen) atoms. The van der Waals surface area contributed by atoms with Crippen LogP contribution in [0.2, 0.25) is 0 Å². The Bertz CT molecular complexity index is 406. The van der Waals surface area contributed by atoms with Crippen molar-refractivity contribution in [3.63, 3.8) is 0 Å². The molecule has 1 aromatic heterocycles. The van der Waals surface area contributed by atoms with Crippen LogP contribution >= 0.6 is 11.3 Å². The first-order valence-electron chi connectivity index (χ1n) is 5.10. The minimum atomic E-state index is -2.39. The van der Waals surface area contributed by atoms with Crippen LogP contribution in [0, 0.1) is 0 Å². The lowest BCUT2D eigenvalue weighted by molar-refractivity contribution is 0.0968. The molecular formula is C10H12F2N2OS. The van der Waals surface area contributed by atoms with Gasteiger partial charge in [0, 0.05) is 18.3 Å². The number of rotatable bonds is 3. The first-order valence-corrected chi connectivity index (χ1v) is 5.91. The van der Waals surface area contributed by atoms with E-state index in [4.69, 9.17) is 0 Å². The van der Waals surface area contributed by atoms with Gasteiger partial charge in [-0.05, 0) is 12.8 Å². The number of alkyl halides is 2. The van der Waals surface area contributed by atoms with Crippen LogP contribution in [-0.2, 0) is 6.42 Å². The van der Waals surface area contributed by atoms with E-state index >= 15 is 0 Å². The molecule has 1 aromatic rings. The van der Waals surface area contributed by atoms with Crippen LogP contribution in [0.5, 0.6) is 0 Å². The fourth-order valence-electron chi connectivity index (χ4n) is 1.70. The Morgan fingerprint density at radius 3 is 2.88 bits per heavy atom. The minimum absolute atomic E-state index is 0.0363. The highest BCUT2D eigenvalue weighted by Gasteiger charge is 2.23. The number of hydrogen-bond donors (Lipinski definition) is 0. The van der Waals surface area contributed by atoms with Crippen LogP contribution in [0.1, 0.15) is 28.2 Å². The molecule has 6 heteroatoms. The third-order valence-corrected chi connectivity index (χ3v) is 3.73. The molecule has 0 N–H and O–H groups in total. The van der Waals surface area contributed by atoms with Crippen LogP contribution in [0.4, 0.5) is 13.9 Å². The number of thiazole rings is 1. The van der Waals surface area contributed by atoms with E-state index in [9.17, 15) is 13.6 Å². The highest BCUT2D eigenvalue weighted by atomic mass is 32.1. The lowest BCUT2D eigenvalue weighted by Gasteiger charge is -2.14. The zero-order valence-electron chi connectivity index (χ0n) is 8.87. The molecule has 0 aliphatic heterocycles. The predicted octanol–water partition coefficient (Wildman–Crippen LogP) is 2.36. The maximum atomic E-state index is 12.2. The summed E-state index contributed by atoms with van der Waals surface area (Å²) in [7, 11) is 1.57. The molecular weight excluding hydrogens is 234 g/mol. The van der Waals surface area contributed by atoms with Crippen LogP contribution < -0.4 is 4.90 Å². The highest BCUT2D eigenvalue weighted by molar-refractivity contribution is 7.16. The Labute approximate surface area is 96.1 Å². The van der Waals surface area contributed by atoms with Gasteiger partial charge in [-0.1, -0.05) is 0 Å². The number of hydrogen-bond acceptors (Lipinski definition) is 4. The van der Waals surface area contributed by atoms with Gasteiger partial charge in [-0.25, -0.2) is 13.8 Å². The van der Waals surface area contributed by atoms with E-state index in [1.54, 1.807) is 7.05 Å². The van der Waals surface area contributed by atoms with Gasteiger partial charge >= 0.3 is 0 Å². The van der Waals surface area contributed by atoms with Gasteiger partial charge in [-0.3, -0.25) is 4.79 Å². The smallest absolute Gasteiger partial charge is 0.255 e. The highest BCUT2D eigenvalue weighted by Crippen LogP contribution is 2.31. The Morgan fingerprint density at radius 1 is 1.50 bits per heavy atom. The largest absolute Gasteiger partial charge is 0.345 e. The van der Waals surface area contributed by atoms with Gasteiger partial charge in [0.1, 0.15) is 5.69 Å². The fourth-order valence-corrected chi connectivity index (χ4v) is 2.79. The third-order valence-electron chi connectivity index (χ3n) is 2.50. The average molecular weight is 246 g/mol. The van der Waals surface area contributed by atoms with Gasteiger partial charge in [0.15, 0.2) is 10.9 Å². The van der Waals surface area contributed by atoms with Gasteiger partial charge < -0.3 is 4.90 Å². The molecule has 2 rings (SSSR count). The van der Waals surface area contributed by atoms with Crippen molar-refractivity contribution in [2.45, 2.75) is 25.7 Å². The van der Waals surface area contributed by atoms with E-state index in [1.165, 1.54) is 16.2 Å². The summed E-state index contributed by atoms with van der Waals surface area (Å²) < 4.78 is 24.4. The van der Waals surface area contributed by atoms with E-state index in [2.05, 4.69) is 4.98 Å². The number of carbonyl (C=O) groups excluding carboxylic acids is 1. The van der Waals surface area contributed by atoms with E-state index in [-0.39, 0.29) is 12.3 Å². The summed E-state index contributed by atoms with van der Waals surface area (Å²) in [5.74, 6) is 0.0363. The molecule has 0 saturated carbocycles. The molecule has 1 heterocycles. The molecule has 0 spiro atoms. The summed E-state index contributed by atoms with van der Waals surface area (Å²) in [4.78, 5) is 18.0. The number of carbonyl (C=O) groups is 1. The Hall–Kier alpha value is -1.04. The summed E-state index contributed by atoms with van der Waals surface area (Å²) in [6, 6.07) is 0. The number of Topliss-reactive ketones (excluding diaryl/α,β-unsaturated/α-hetero) is 1. The van der Waals surface area contributed by atoms with E-state index in [0.29, 0.717) is 17.2 Å². The molecule has 0 saturated heterocycles. The van der Waals surface area contributed by atoms with Crippen molar-refractivity contribution in [2.24, 2.45) is 0 Å². The fraction of sp³-hybridized carbons (Fsp3) is 0.600. The second kappa shape index (κ2) is 4.45. The summed E-state index contributed by atoms with van der Waals surface area (Å²) in [5, 5.41) is 0.514. The van der Waals surface area contributed by atoms with Crippen molar-refractivity contribution >= 4 is 22.3 Å². The number of aromatic nitrogens is 1. The standard InChI is InChI=1S/C10H12F2N2OS/c1-14(5-8(11)12)10-13-9-6(15)3-2-4-7(9)16-10/h8H,2-5H2,1H3. The zero-order chi connectivity index (χ0) is 11.7. The molecule has 3 nitrogen and oxygen atoms in total. The zero-order valence-corrected chi connectivity index (χ0v) is 9.69. The molecule has 0 radical (unpaired) electrons. The number of ketones is 1. The average Bonchev–Trinajstić information content (AvgIpc) is 2.61. The Balaban J connectivity index is 2.20. The lowest BCUT2D eigenvalue weighted by atomic mass is 10.0. The van der Waals surface area contributed by atoms with Crippen molar-refractivity contribution < 1.29 is 13.6 Å². The summed E-state index contributed by atoms with van der Waals surface area (Å²) >= 11 is 1.35. The van der Waals surface area contributed by atoms with Gasteiger partial charge in [-0.15, -0.1) is 11.3 Å². The molecule has 0 bridgehead atoms. The van der Waals surface area contributed by atoms with Gasteiger partial charge in [0.25, 0.3) is 6.43 Å². The molecule has 0 fully saturated rings. The quantitative estimate of drug-likeness (QED) is 0.821. The number of halogens is 2. The number of nitrogens with zero attached hydrogens (tertiary/aromatic N) is 2. The third kappa shape index (κ3) is 2.21. The lowest BCUT2D eigenvalue weighted by Crippen LogP contribution is -2.23. The topological polar surface area (TPSA) is 33.2 Å². The maximum absolute atomic E-state index is 12.2. The van der Waals surface area contributed by atoms with Crippen molar-refractivity contribution in [2.75, 3.05) is 18.5 Å². The van der Waals surface area contributed by atoms with E-state index in [1.807, 2.05) is 0 Å². The van der Waals surface area contributed by atoms with Crippen LogP contribution in [0.3, 0.4) is 0 Å². The van der Waals surface area contributed by atoms with Crippen molar-refractivity contribution in [1.82, 2.24) is 4.98 Å². The number of aryl methyl sites for hydroxylation is 1.